The molecule has 0 aliphatic heterocycles. The van der Waals surface area contributed by atoms with E-state index in [-0.39, 0.29) is 12.5 Å². The van der Waals surface area contributed by atoms with Gasteiger partial charge in [0.1, 0.15) is 18.3 Å². The van der Waals surface area contributed by atoms with E-state index in [1.165, 1.54) is 4.90 Å². The Balaban J connectivity index is 2.41. The smallest absolute Gasteiger partial charge is 0.244 e. The second-order valence-corrected chi connectivity index (χ2v) is 10.4. The summed E-state index contributed by atoms with van der Waals surface area (Å²) >= 11 is 3.40. The van der Waals surface area contributed by atoms with Gasteiger partial charge in [-0.25, -0.2) is 8.42 Å². The molecule has 0 aliphatic rings. The number of rotatable bonds is 10. The standard InChI is InChI=1S/C23H30BrN3O5S/c1-6-25-23(29)17(3)26(14-18-8-7-9-20(13-18)32-4)22(28)15-27(33(5,30)31)19-10-11-21(24)16(2)12-19/h7-13,17H,6,14-15H2,1-5H3,(H,25,29)/t17-/m0/s1. The highest BCUT2D eigenvalue weighted by Crippen LogP contribution is 2.25. The molecule has 0 bridgehead atoms. The van der Waals surface area contributed by atoms with Crippen LogP contribution in [0.3, 0.4) is 0 Å². The highest BCUT2D eigenvalue weighted by Gasteiger charge is 2.30. The molecule has 0 spiro atoms. The number of carbonyl (C=O) groups excluding carboxylic acids is 2. The van der Waals surface area contributed by atoms with Crippen molar-refractivity contribution in [2.45, 2.75) is 33.4 Å². The van der Waals surface area contributed by atoms with E-state index in [9.17, 15) is 18.0 Å². The Bertz CT molecular complexity index is 1110. The van der Waals surface area contributed by atoms with Crippen LogP contribution in [0.2, 0.25) is 0 Å². The Hall–Kier alpha value is -2.59. The topological polar surface area (TPSA) is 96.0 Å². The molecule has 8 nitrogen and oxygen atoms in total. The van der Waals surface area contributed by atoms with Crippen molar-refractivity contribution >= 4 is 43.5 Å². The van der Waals surface area contributed by atoms with Crippen molar-refractivity contribution in [3.05, 3.63) is 58.1 Å². The maximum absolute atomic E-state index is 13.4. The molecule has 33 heavy (non-hydrogen) atoms. The van der Waals surface area contributed by atoms with Crippen LogP contribution in [-0.2, 0) is 26.2 Å². The van der Waals surface area contributed by atoms with Gasteiger partial charge in [0.05, 0.1) is 19.1 Å². The zero-order valence-electron chi connectivity index (χ0n) is 19.5. The third-order valence-electron chi connectivity index (χ3n) is 5.11. The molecule has 2 aromatic rings. The van der Waals surface area contributed by atoms with Crippen molar-refractivity contribution in [3.63, 3.8) is 0 Å². The van der Waals surface area contributed by atoms with Crippen LogP contribution in [0.5, 0.6) is 5.75 Å². The first-order valence-corrected chi connectivity index (χ1v) is 13.1. The molecule has 2 amide bonds. The Morgan fingerprint density at radius 3 is 2.45 bits per heavy atom. The Morgan fingerprint density at radius 2 is 1.88 bits per heavy atom. The number of halogens is 1. The molecule has 2 aromatic carbocycles. The molecule has 0 saturated carbocycles. The largest absolute Gasteiger partial charge is 0.497 e. The Labute approximate surface area is 204 Å². The fraction of sp³-hybridized carbons (Fsp3) is 0.391. The highest BCUT2D eigenvalue weighted by atomic mass is 79.9. The first-order chi connectivity index (χ1) is 15.5. The molecule has 0 saturated heterocycles. The number of anilines is 1. The van der Waals surface area contributed by atoms with Gasteiger partial charge in [0, 0.05) is 17.6 Å². The second kappa shape index (κ2) is 11.5. The van der Waals surface area contributed by atoms with Gasteiger partial charge in [0.15, 0.2) is 0 Å². The van der Waals surface area contributed by atoms with Gasteiger partial charge in [-0.2, -0.15) is 0 Å². The number of hydrogen-bond donors (Lipinski definition) is 1. The molecule has 0 fully saturated rings. The predicted molar refractivity (Wildman–Crippen MR) is 133 cm³/mol. The minimum atomic E-state index is -3.77. The van der Waals surface area contributed by atoms with Crippen molar-refractivity contribution in [2.24, 2.45) is 0 Å². The van der Waals surface area contributed by atoms with Gasteiger partial charge in [-0.1, -0.05) is 28.1 Å². The van der Waals surface area contributed by atoms with E-state index in [1.807, 2.05) is 13.0 Å². The molecule has 1 N–H and O–H groups in total. The van der Waals surface area contributed by atoms with Crippen LogP contribution in [0.25, 0.3) is 0 Å². The summed E-state index contributed by atoms with van der Waals surface area (Å²) in [4.78, 5) is 27.4. The van der Waals surface area contributed by atoms with E-state index in [0.717, 1.165) is 26.2 Å². The number of benzene rings is 2. The number of likely N-dealkylation sites (N-methyl/N-ethyl adjacent to an activating group) is 1. The molecule has 0 unspecified atom stereocenters. The summed E-state index contributed by atoms with van der Waals surface area (Å²) in [6.45, 7) is 5.34. The minimum Gasteiger partial charge on any atom is -0.497 e. The Kier molecular flexibility index (Phi) is 9.30. The fourth-order valence-corrected chi connectivity index (χ4v) is 4.36. The van der Waals surface area contributed by atoms with Crippen LogP contribution in [0.1, 0.15) is 25.0 Å². The number of nitrogens with zero attached hydrogens (tertiary/aromatic N) is 2. The summed E-state index contributed by atoms with van der Waals surface area (Å²) in [5.41, 5.74) is 1.96. The number of ether oxygens (including phenoxy) is 1. The maximum atomic E-state index is 13.4. The van der Waals surface area contributed by atoms with E-state index in [2.05, 4.69) is 21.2 Å². The molecular weight excluding hydrogens is 510 g/mol. The van der Waals surface area contributed by atoms with Crippen molar-refractivity contribution in [1.29, 1.82) is 0 Å². The van der Waals surface area contributed by atoms with Crippen LogP contribution >= 0.6 is 15.9 Å². The number of carbonyl (C=O) groups is 2. The molecule has 1 atom stereocenters. The lowest BCUT2D eigenvalue weighted by Crippen LogP contribution is -2.51. The first kappa shape index (κ1) is 26.7. The zero-order chi connectivity index (χ0) is 24.8. The number of nitrogens with one attached hydrogen (secondary N) is 1. The average molecular weight is 540 g/mol. The van der Waals surface area contributed by atoms with Gasteiger partial charge in [-0.15, -0.1) is 0 Å². The summed E-state index contributed by atoms with van der Waals surface area (Å²) in [7, 11) is -2.22. The number of hydrogen-bond acceptors (Lipinski definition) is 5. The predicted octanol–water partition coefficient (Wildman–Crippen LogP) is 3.09. The lowest BCUT2D eigenvalue weighted by atomic mass is 10.1. The van der Waals surface area contributed by atoms with Crippen molar-refractivity contribution < 1.29 is 22.7 Å². The SMILES string of the molecule is CCNC(=O)[C@H](C)N(Cc1cccc(OC)c1)C(=O)CN(c1ccc(Br)c(C)c1)S(C)(=O)=O. The van der Waals surface area contributed by atoms with Crippen LogP contribution in [-0.4, -0.2) is 57.6 Å². The molecule has 0 aliphatic carbocycles. The van der Waals surface area contributed by atoms with Crippen LogP contribution < -0.4 is 14.4 Å². The monoisotopic (exact) mass is 539 g/mol. The molecule has 10 heteroatoms. The van der Waals surface area contributed by atoms with Gasteiger partial charge in [0.2, 0.25) is 21.8 Å². The lowest BCUT2D eigenvalue weighted by Gasteiger charge is -2.31. The molecule has 0 radical (unpaired) electrons. The Morgan fingerprint density at radius 1 is 1.18 bits per heavy atom. The van der Waals surface area contributed by atoms with Crippen LogP contribution in [0, 0.1) is 6.92 Å². The van der Waals surface area contributed by atoms with Gasteiger partial charge in [-0.3, -0.25) is 13.9 Å². The zero-order valence-corrected chi connectivity index (χ0v) is 21.9. The number of amides is 2. The van der Waals surface area contributed by atoms with Crippen LogP contribution in [0.4, 0.5) is 5.69 Å². The van der Waals surface area contributed by atoms with E-state index in [4.69, 9.17) is 4.74 Å². The van der Waals surface area contributed by atoms with Gasteiger partial charge in [0.25, 0.3) is 0 Å². The third-order valence-corrected chi connectivity index (χ3v) is 7.14. The van der Waals surface area contributed by atoms with E-state index in [0.29, 0.717) is 18.0 Å². The molecule has 180 valence electrons. The first-order valence-electron chi connectivity index (χ1n) is 10.4. The van der Waals surface area contributed by atoms with Crippen molar-refractivity contribution in [3.8, 4) is 5.75 Å². The van der Waals surface area contributed by atoms with Gasteiger partial charge >= 0.3 is 0 Å². The highest BCUT2D eigenvalue weighted by molar-refractivity contribution is 9.10. The van der Waals surface area contributed by atoms with Gasteiger partial charge < -0.3 is 15.0 Å². The van der Waals surface area contributed by atoms with Crippen molar-refractivity contribution in [2.75, 3.05) is 30.8 Å². The van der Waals surface area contributed by atoms with Gasteiger partial charge in [-0.05, 0) is 62.2 Å². The molecule has 0 aromatic heterocycles. The summed E-state index contributed by atoms with van der Waals surface area (Å²) in [6.07, 6.45) is 1.05. The number of aryl methyl sites for hydroxylation is 1. The molecule has 0 heterocycles. The normalized spacial score (nSPS) is 12.1. The molecule has 2 rings (SSSR count). The average Bonchev–Trinajstić information content (AvgIpc) is 2.76. The van der Waals surface area contributed by atoms with Crippen molar-refractivity contribution in [1.82, 2.24) is 10.2 Å². The number of sulfonamides is 1. The second-order valence-electron chi connectivity index (χ2n) is 7.65. The summed E-state index contributed by atoms with van der Waals surface area (Å²) in [5, 5.41) is 2.72. The number of methoxy groups -OCH3 is 1. The maximum Gasteiger partial charge on any atom is 0.244 e. The summed E-state index contributed by atoms with van der Waals surface area (Å²) in [5.74, 6) is -0.199. The minimum absolute atomic E-state index is 0.116. The van der Waals surface area contributed by atoms with E-state index < -0.39 is 28.5 Å². The lowest BCUT2D eigenvalue weighted by molar-refractivity contribution is -0.139. The fourth-order valence-electron chi connectivity index (χ4n) is 3.27. The third kappa shape index (κ3) is 7.20. The molecular formula is C23H30BrN3O5S. The summed E-state index contributed by atoms with van der Waals surface area (Å²) < 4.78 is 32.3. The quantitative estimate of drug-likeness (QED) is 0.500. The van der Waals surface area contributed by atoms with Crippen LogP contribution in [0.15, 0.2) is 46.9 Å². The van der Waals surface area contributed by atoms with E-state index >= 15 is 0 Å². The summed E-state index contributed by atoms with van der Waals surface area (Å²) in [6, 6.07) is 11.4. The van der Waals surface area contributed by atoms with E-state index in [1.54, 1.807) is 57.4 Å².